The van der Waals surface area contributed by atoms with E-state index in [0.717, 1.165) is 34.2 Å². The van der Waals surface area contributed by atoms with Crippen molar-refractivity contribution < 1.29 is 22.4 Å². The minimum atomic E-state index is -4.80. The first-order valence-corrected chi connectivity index (χ1v) is 11.7. The van der Waals surface area contributed by atoms with Crippen LogP contribution in [0.2, 0.25) is 0 Å². The molecule has 1 aromatic heterocycles. The summed E-state index contributed by atoms with van der Waals surface area (Å²) in [4.78, 5) is 16.4. The molecule has 0 bridgehead atoms. The number of aromatic nitrogens is 2. The maximum Gasteiger partial charge on any atom is 0.418 e. The Morgan fingerprint density at radius 3 is 2.32 bits per heavy atom. The second-order valence-electron chi connectivity index (χ2n) is 8.89. The zero-order chi connectivity index (χ0) is 26.2. The zero-order valence-corrected chi connectivity index (χ0v) is 21.1. The summed E-state index contributed by atoms with van der Waals surface area (Å²) in [6.07, 6.45) is -4.80. The Balaban J connectivity index is 0.00000336. The number of rotatable bonds is 3. The molecule has 1 aliphatic rings. The third-order valence-electron chi connectivity index (χ3n) is 6.43. The van der Waals surface area contributed by atoms with Crippen LogP contribution in [0.25, 0.3) is 22.0 Å². The number of nitrogens with one attached hydrogen (secondary N) is 1. The van der Waals surface area contributed by atoms with Gasteiger partial charge in [-0.25, -0.2) is 9.18 Å². The molecule has 11 heteroatoms. The van der Waals surface area contributed by atoms with Gasteiger partial charge < -0.3 is 15.1 Å². The summed E-state index contributed by atoms with van der Waals surface area (Å²) in [5.41, 5.74) is 0.00619. The number of urea groups is 1. The molecule has 0 aliphatic carbocycles. The van der Waals surface area contributed by atoms with Gasteiger partial charge in [0.05, 0.1) is 11.3 Å². The monoisotopic (exact) mass is 545 g/mol. The number of nitrogens with zero attached hydrogens (tertiary/aromatic N) is 4. The van der Waals surface area contributed by atoms with Crippen LogP contribution in [0.15, 0.2) is 72.8 Å². The Bertz CT molecular complexity index is 1450. The van der Waals surface area contributed by atoms with Gasteiger partial charge >= 0.3 is 12.2 Å². The molecule has 5 rings (SSSR count). The van der Waals surface area contributed by atoms with Crippen molar-refractivity contribution in [3.63, 3.8) is 0 Å². The standard InChI is InChI=1S/C27H23F4N5O.ClH/c1-17-16-35(13-14-36(17)26(37)32-23-12-11-19(28)15-22(23)27(29,30)31)25-21-10-6-5-9-20(21)24(33-34-25)18-7-3-2-4-8-18;/h2-12,15,17H,13-14,16H2,1H3,(H,32,37);1H. The van der Waals surface area contributed by atoms with Crippen molar-refractivity contribution in [1.82, 2.24) is 15.1 Å². The lowest BCUT2D eigenvalue weighted by molar-refractivity contribution is -0.137. The summed E-state index contributed by atoms with van der Waals surface area (Å²) in [6.45, 7) is 2.89. The van der Waals surface area contributed by atoms with E-state index in [1.165, 1.54) is 4.90 Å². The Hall–Kier alpha value is -3.92. The van der Waals surface area contributed by atoms with Crippen molar-refractivity contribution in [2.24, 2.45) is 0 Å². The van der Waals surface area contributed by atoms with Crippen molar-refractivity contribution in [1.29, 1.82) is 0 Å². The predicted molar refractivity (Wildman–Crippen MR) is 141 cm³/mol. The largest absolute Gasteiger partial charge is 0.418 e. The van der Waals surface area contributed by atoms with Gasteiger partial charge in [-0.2, -0.15) is 13.2 Å². The zero-order valence-electron chi connectivity index (χ0n) is 20.2. The number of hydrogen-bond acceptors (Lipinski definition) is 4. The maximum absolute atomic E-state index is 13.4. The van der Waals surface area contributed by atoms with Gasteiger partial charge in [0.15, 0.2) is 5.82 Å². The smallest absolute Gasteiger partial charge is 0.351 e. The van der Waals surface area contributed by atoms with Crippen LogP contribution >= 0.6 is 12.4 Å². The van der Waals surface area contributed by atoms with Crippen LogP contribution in [0.5, 0.6) is 0 Å². The quantitative estimate of drug-likeness (QED) is 0.294. The minimum Gasteiger partial charge on any atom is -0.351 e. The molecule has 4 aromatic rings. The lowest BCUT2D eigenvalue weighted by Crippen LogP contribution is -2.55. The number of fused-ring (bicyclic) bond motifs is 1. The molecular formula is C27H24ClF4N5O. The molecule has 1 atom stereocenters. The number of halogens is 5. The Labute approximate surface area is 222 Å². The van der Waals surface area contributed by atoms with Crippen LogP contribution in [0.3, 0.4) is 0 Å². The van der Waals surface area contributed by atoms with Gasteiger partial charge in [-0.15, -0.1) is 22.6 Å². The van der Waals surface area contributed by atoms with Gasteiger partial charge in [0.1, 0.15) is 11.5 Å². The van der Waals surface area contributed by atoms with Crippen molar-refractivity contribution >= 4 is 40.7 Å². The fourth-order valence-corrected chi connectivity index (χ4v) is 4.63. The van der Waals surface area contributed by atoms with Gasteiger partial charge in [-0.3, -0.25) is 0 Å². The van der Waals surface area contributed by atoms with Crippen LogP contribution in [-0.2, 0) is 6.18 Å². The van der Waals surface area contributed by atoms with E-state index < -0.39 is 29.3 Å². The Morgan fingerprint density at radius 1 is 0.947 bits per heavy atom. The van der Waals surface area contributed by atoms with Crippen LogP contribution < -0.4 is 10.2 Å². The predicted octanol–water partition coefficient (Wildman–Crippen LogP) is 6.62. The van der Waals surface area contributed by atoms with Gasteiger partial charge in [0, 0.05) is 42.0 Å². The molecule has 1 saturated heterocycles. The lowest BCUT2D eigenvalue weighted by Gasteiger charge is -2.40. The van der Waals surface area contributed by atoms with Gasteiger partial charge in [-0.1, -0.05) is 54.6 Å². The van der Waals surface area contributed by atoms with E-state index in [-0.39, 0.29) is 25.0 Å². The first-order chi connectivity index (χ1) is 17.7. The van der Waals surface area contributed by atoms with Crippen molar-refractivity contribution in [3.05, 3.63) is 84.2 Å². The van der Waals surface area contributed by atoms with Crippen molar-refractivity contribution in [2.75, 3.05) is 29.9 Å². The first-order valence-electron chi connectivity index (χ1n) is 11.7. The molecule has 1 N–H and O–H groups in total. The molecule has 1 fully saturated rings. The third kappa shape index (κ3) is 5.35. The number of piperazine rings is 1. The summed E-state index contributed by atoms with van der Waals surface area (Å²) < 4.78 is 53.5. The molecule has 198 valence electrons. The fourth-order valence-electron chi connectivity index (χ4n) is 4.63. The molecule has 6 nitrogen and oxygen atoms in total. The lowest BCUT2D eigenvalue weighted by atomic mass is 10.0. The van der Waals surface area contributed by atoms with Crippen LogP contribution in [-0.4, -0.2) is 46.8 Å². The van der Waals surface area contributed by atoms with E-state index in [0.29, 0.717) is 25.0 Å². The van der Waals surface area contributed by atoms with E-state index in [1.807, 2.05) is 66.4 Å². The van der Waals surface area contributed by atoms with Crippen LogP contribution in [0.4, 0.5) is 33.9 Å². The van der Waals surface area contributed by atoms with E-state index in [4.69, 9.17) is 0 Å². The Morgan fingerprint density at radius 2 is 1.63 bits per heavy atom. The van der Waals surface area contributed by atoms with Crippen molar-refractivity contribution in [3.8, 4) is 11.3 Å². The summed E-state index contributed by atoms with van der Waals surface area (Å²) >= 11 is 0. The van der Waals surface area contributed by atoms with E-state index in [9.17, 15) is 22.4 Å². The SMILES string of the molecule is CC1CN(c2nnc(-c3ccccc3)c3ccccc23)CCN1C(=O)Nc1ccc(F)cc1C(F)(F)F.Cl. The second-order valence-corrected chi connectivity index (χ2v) is 8.89. The molecule has 1 aliphatic heterocycles. The normalized spacial score (nSPS) is 15.8. The topological polar surface area (TPSA) is 61.4 Å². The molecule has 38 heavy (non-hydrogen) atoms. The average Bonchev–Trinajstić information content (AvgIpc) is 2.89. The van der Waals surface area contributed by atoms with Crippen LogP contribution in [0.1, 0.15) is 12.5 Å². The highest BCUT2D eigenvalue weighted by Gasteiger charge is 2.36. The minimum absolute atomic E-state index is 0. The number of benzene rings is 3. The highest BCUT2D eigenvalue weighted by molar-refractivity contribution is 6.00. The van der Waals surface area contributed by atoms with Crippen LogP contribution in [0, 0.1) is 5.82 Å². The number of carbonyl (C=O) groups excluding carboxylic acids is 1. The van der Waals surface area contributed by atoms with Crippen molar-refractivity contribution in [2.45, 2.75) is 19.1 Å². The number of hydrogen-bond donors (Lipinski definition) is 1. The Kier molecular flexibility index (Phi) is 7.73. The molecule has 2 heterocycles. The fraction of sp³-hybridized carbons (Fsp3) is 0.222. The second kappa shape index (κ2) is 10.8. The van der Waals surface area contributed by atoms with Gasteiger partial charge in [0.2, 0.25) is 0 Å². The molecule has 1 unspecified atom stereocenters. The van der Waals surface area contributed by atoms with Gasteiger partial charge in [-0.05, 0) is 25.1 Å². The summed E-state index contributed by atoms with van der Waals surface area (Å²) in [5.74, 6) is -0.348. The molecule has 0 radical (unpaired) electrons. The number of carbonyl (C=O) groups is 1. The molecule has 0 saturated carbocycles. The first kappa shape index (κ1) is 27.1. The highest BCUT2D eigenvalue weighted by Crippen LogP contribution is 2.36. The highest BCUT2D eigenvalue weighted by atomic mass is 35.5. The number of amides is 2. The summed E-state index contributed by atoms with van der Waals surface area (Å²) in [7, 11) is 0. The van der Waals surface area contributed by atoms with Gasteiger partial charge in [0.25, 0.3) is 0 Å². The summed E-state index contributed by atoms with van der Waals surface area (Å²) in [6, 6.07) is 18.8. The molecule has 2 amide bonds. The van der Waals surface area contributed by atoms with E-state index in [2.05, 4.69) is 15.5 Å². The molecule has 3 aromatic carbocycles. The summed E-state index contributed by atoms with van der Waals surface area (Å²) in [5, 5.41) is 13.2. The van der Waals surface area contributed by atoms with E-state index >= 15 is 0 Å². The number of anilines is 2. The average molecular weight is 546 g/mol. The maximum atomic E-state index is 13.4. The molecular weight excluding hydrogens is 522 g/mol. The molecule has 0 spiro atoms. The third-order valence-corrected chi connectivity index (χ3v) is 6.43. The van der Waals surface area contributed by atoms with E-state index in [1.54, 1.807) is 0 Å². The number of alkyl halides is 3.